The molecule has 0 heterocycles. The maximum absolute atomic E-state index is 12.4. The van der Waals surface area contributed by atoms with E-state index in [2.05, 4.69) is 5.32 Å². The molecule has 0 aliphatic rings. The van der Waals surface area contributed by atoms with E-state index in [1.165, 1.54) is 0 Å². The third-order valence-corrected chi connectivity index (χ3v) is 4.06. The molecule has 1 atom stereocenters. The zero-order valence-electron chi connectivity index (χ0n) is 15.6. The van der Waals surface area contributed by atoms with Crippen LogP contribution in [0.5, 0.6) is 5.75 Å². The minimum absolute atomic E-state index is 0.0670. The monoisotopic (exact) mass is 400 g/mol. The molecule has 1 N–H and O–H groups in total. The molecule has 28 heavy (non-hydrogen) atoms. The van der Waals surface area contributed by atoms with Crippen LogP contribution in [0.3, 0.4) is 0 Å². The van der Waals surface area contributed by atoms with Crippen molar-refractivity contribution in [2.45, 2.75) is 32.4 Å². The Hall–Kier alpha value is -3.04. The number of amides is 1. The first-order chi connectivity index (χ1) is 13.4. The largest absolute Gasteiger partial charge is 0.482 e. The highest BCUT2D eigenvalue weighted by Gasteiger charge is 2.22. The third kappa shape index (κ3) is 6.29. The van der Waals surface area contributed by atoms with Gasteiger partial charge in [0.1, 0.15) is 11.8 Å². The number of halogens is 1. The van der Waals surface area contributed by atoms with Crippen molar-refractivity contribution in [3.05, 3.63) is 64.7 Å². The van der Waals surface area contributed by atoms with Crippen LogP contribution in [0.15, 0.2) is 48.5 Å². The predicted molar refractivity (Wildman–Crippen MR) is 105 cm³/mol. The summed E-state index contributed by atoms with van der Waals surface area (Å²) in [4.78, 5) is 24.5. The smallest absolute Gasteiger partial charge is 0.308 e. The van der Waals surface area contributed by atoms with Crippen LogP contribution in [0.25, 0.3) is 0 Å². The van der Waals surface area contributed by atoms with Crippen molar-refractivity contribution < 1.29 is 19.1 Å². The van der Waals surface area contributed by atoms with E-state index in [1.54, 1.807) is 62.4 Å². The second-order valence-corrected chi connectivity index (χ2v) is 6.69. The zero-order chi connectivity index (χ0) is 20.5. The average Bonchev–Trinajstić information content (AvgIpc) is 2.66. The summed E-state index contributed by atoms with van der Waals surface area (Å²) in [5.41, 5.74) is 0.939. The Morgan fingerprint density at radius 2 is 1.82 bits per heavy atom. The van der Waals surface area contributed by atoms with Crippen molar-refractivity contribution >= 4 is 23.5 Å². The van der Waals surface area contributed by atoms with E-state index < -0.39 is 17.9 Å². The lowest BCUT2D eigenvalue weighted by atomic mass is 10.0. The van der Waals surface area contributed by atoms with Gasteiger partial charge in [0.2, 0.25) is 0 Å². The maximum Gasteiger partial charge on any atom is 0.308 e. The van der Waals surface area contributed by atoms with Gasteiger partial charge in [-0.05, 0) is 37.6 Å². The van der Waals surface area contributed by atoms with Crippen molar-refractivity contribution in [1.82, 2.24) is 5.32 Å². The zero-order valence-corrected chi connectivity index (χ0v) is 16.4. The van der Waals surface area contributed by atoms with Crippen LogP contribution in [-0.4, -0.2) is 24.6 Å². The van der Waals surface area contributed by atoms with Crippen molar-refractivity contribution in [2.24, 2.45) is 0 Å². The maximum atomic E-state index is 12.4. The summed E-state index contributed by atoms with van der Waals surface area (Å²) in [6.45, 7) is 3.20. The molecule has 0 radical (unpaired) electrons. The molecule has 0 bridgehead atoms. The number of hydrogen-bond donors (Lipinski definition) is 1. The number of carbonyl (C=O) groups excluding carboxylic acids is 2. The molecular formula is C21H21ClN2O4. The minimum atomic E-state index is -0.665. The van der Waals surface area contributed by atoms with Gasteiger partial charge in [-0.15, -0.1) is 0 Å². The first kappa shape index (κ1) is 21.3. The molecule has 0 aliphatic heterocycles. The average molecular weight is 401 g/mol. The SMILES string of the molecule is CC(C)OC(=O)C[C@H](NC(=O)COc1ccccc1C#N)c1ccccc1Cl. The van der Waals surface area contributed by atoms with Crippen LogP contribution in [0.2, 0.25) is 5.02 Å². The number of nitrogens with one attached hydrogen (secondary N) is 1. The molecule has 0 saturated carbocycles. The second kappa shape index (κ2) is 10.3. The van der Waals surface area contributed by atoms with Gasteiger partial charge in [-0.3, -0.25) is 9.59 Å². The molecule has 2 rings (SSSR count). The molecule has 7 heteroatoms. The van der Waals surface area contributed by atoms with Gasteiger partial charge in [0.15, 0.2) is 6.61 Å². The highest BCUT2D eigenvalue weighted by Crippen LogP contribution is 2.26. The molecule has 2 aromatic rings. The second-order valence-electron chi connectivity index (χ2n) is 6.28. The molecule has 0 aliphatic carbocycles. The Kier molecular flexibility index (Phi) is 7.85. The van der Waals surface area contributed by atoms with Crippen LogP contribution in [0.1, 0.15) is 37.4 Å². The van der Waals surface area contributed by atoms with E-state index in [9.17, 15) is 9.59 Å². The molecule has 1 amide bonds. The number of nitrogens with zero attached hydrogens (tertiary/aromatic N) is 1. The topological polar surface area (TPSA) is 88.4 Å². The molecule has 146 valence electrons. The summed E-state index contributed by atoms with van der Waals surface area (Å²) >= 11 is 6.23. The van der Waals surface area contributed by atoms with Gasteiger partial charge in [-0.25, -0.2) is 0 Å². The normalized spacial score (nSPS) is 11.4. The molecule has 0 aromatic heterocycles. The van der Waals surface area contributed by atoms with E-state index in [-0.39, 0.29) is 19.1 Å². The van der Waals surface area contributed by atoms with Crippen LogP contribution >= 0.6 is 11.6 Å². The molecule has 6 nitrogen and oxygen atoms in total. The van der Waals surface area contributed by atoms with Crippen molar-refractivity contribution in [1.29, 1.82) is 5.26 Å². The highest BCUT2D eigenvalue weighted by molar-refractivity contribution is 6.31. The van der Waals surface area contributed by atoms with E-state index >= 15 is 0 Å². The summed E-state index contributed by atoms with van der Waals surface area (Å²) in [5.74, 6) is -0.584. The number of esters is 1. The lowest BCUT2D eigenvalue weighted by molar-refractivity contribution is -0.148. The van der Waals surface area contributed by atoms with Gasteiger partial charge in [0.25, 0.3) is 5.91 Å². The summed E-state index contributed by atoms with van der Waals surface area (Å²) in [6.07, 6.45) is -0.330. The number of hydrogen-bond acceptors (Lipinski definition) is 5. The number of benzene rings is 2. The Morgan fingerprint density at radius 1 is 1.14 bits per heavy atom. The predicted octanol–water partition coefficient (Wildman–Crippen LogP) is 3.79. The number of para-hydroxylation sites is 1. The fourth-order valence-corrected chi connectivity index (χ4v) is 2.81. The van der Waals surface area contributed by atoms with Gasteiger partial charge >= 0.3 is 5.97 Å². The number of rotatable bonds is 8. The first-order valence-electron chi connectivity index (χ1n) is 8.76. The Bertz CT molecular complexity index is 877. The standard InChI is InChI=1S/C21H21ClN2O4/c1-14(2)28-21(26)11-18(16-8-4-5-9-17(16)22)24-20(25)13-27-19-10-6-3-7-15(19)12-23/h3-10,14,18H,11,13H2,1-2H3,(H,24,25)/t18-/m0/s1. The fourth-order valence-electron chi connectivity index (χ4n) is 2.54. The van der Waals surface area contributed by atoms with Crippen LogP contribution in [0.4, 0.5) is 0 Å². The van der Waals surface area contributed by atoms with E-state index in [1.807, 2.05) is 6.07 Å². The summed E-state index contributed by atoms with van der Waals surface area (Å²) in [6, 6.07) is 14.9. The first-order valence-corrected chi connectivity index (χ1v) is 9.13. The van der Waals surface area contributed by atoms with Crippen LogP contribution in [0, 0.1) is 11.3 Å². The summed E-state index contributed by atoms with van der Waals surface area (Å²) < 4.78 is 10.6. The van der Waals surface area contributed by atoms with E-state index in [0.717, 1.165) is 0 Å². The quantitative estimate of drug-likeness (QED) is 0.681. The lowest BCUT2D eigenvalue weighted by Crippen LogP contribution is -2.34. The summed E-state index contributed by atoms with van der Waals surface area (Å²) in [7, 11) is 0. The van der Waals surface area contributed by atoms with Gasteiger partial charge < -0.3 is 14.8 Å². The van der Waals surface area contributed by atoms with E-state index in [0.29, 0.717) is 21.9 Å². The Morgan fingerprint density at radius 3 is 2.50 bits per heavy atom. The van der Waals surface area contributed by atoms with Crippen LogP contribution in [-0.2, 0) is 14.3 Å². The molecular weight excluding hydrogens is 380 g/mol. The Balaban J connectivity index is 2.08. The molecule has 0 unspecified atom stereocenters. The minimum Gasteiger partial charge on any atom is -0.482 e. The van der Waals surface area contributed by atoms with Gasteiger partial charge in [0.05, 0.1) is 24.1 Å². The van der Waals surface area contributed by atoms with Crippen molar-refractivity contribution in [2.75, 3.05) is 6.61 Å². The molecule has 0 fully saturated rings. The number of ether oxygens (including phenoxy) is 2. The highest BCUT2D eigenvalue weighted by atomic mass is 35.5. The van der Waals surface area contributed by atoms with Gasteiger partial charge in [-0.1, -0.05) is 41.9 Å². The number of nitriles is 1. The van der Waals surface area contributed by atoms with Crippen LogP contribution < -0.4 is 10.1 Å². The molecule has 2 aromatic carbocycles. The number of carbonyl (C=O) groups is 2. The van der Waals surface area contributed by atoms with E-state index in [4.69, 9.17) is 26.3 Å². The van der Waals surface area contributed by atoms with Gasteiger partial charge in [-0.2, -0.15) is 5.26 Å². The molecule has 0 spiro atoms. The van der Waals surface area contributed by atoms with Gasteiger partial charge in [0, 0.05) is 5.02 Å². The summed E-state index contributed by atoms with van der Waals surface area (Å²) in [5, 5.41) is 12.3. The van der Waals surface area contributed by atoms with Crippen molar-refractivity contribution in [3.63, 3.8) is 0 Å². The Labute approximate surface area is 169 Å². The lowest BCUT2D eigenvalue weighted by Gasteiger charge is -2.20. The fraction of sp³-hybridized carbons (Fsp3) is 0.286. The van der Waals surface area contributed by atoms with Crippen molar-refractivity contribution in [3.8, 4) is 11.8 Å². The third-order valence-electron chi connectivity index (χ3n) is 3.72. The molecule has 0 saturated heterocycles.